The number of non-ortho nitro benzene ring substituents is 1. The summed E-state index contributed by atoms with van der Waals surface area (Å²) in [6, 6.07) is 13.4. The second kappa shape index (κ2) is 10.0. The number of nitrogens with zero attached hydrogens (tertiary/aromatic N) is 3. The van der Waals surface area contributed by atoms with E-state index in [1.807, 2.05) is 0 Å². The number of amides is 1. The topological polar surface area (TPSA) is 135 Å². The van der Waals surface area contributed by atoms with Gasteiger partial charge in [0, 0.05) is 17.7 Å². The summed E-state index contributed by atoms with van der Waals surface area (Å²) in [6.07, 6.45) is 2.16. The third-order valence-electron chi connectivity index (χ3n) is 4.26. The van der Waals surface area contributed by atoms with Crippen LogP contribution in [0.3, 0.4) is 0 Å². The van der Waals surface area contributed by atoms with Gasteiger partial charge in [-0.25, -0.2) is 13.8 Å². The highest BCUT2D eigenvalue weighted by Gasteiger charge is 2.23. The third-order valence-corrected chi connectivity index (χ3v) is 6.19. The SMILES string of the molecule is CS(=O)(=O)N(CC(=O)N/N=C\c1ccc(-c2ccc([N+](=O)[O-])cc2)o1)c1cccc(Cl)c1Cl. The lowest BCUT2D eigenvalue weighted by atomic mass is 10.1. The molecule has 1 N–H and O–H groups in total. The molecule has 13 heteroatoms. The van der Waals surface area contributed by atoms with E-state index in [2.05, 4.69) is 10.5 Å². The summed E-state index contributed by atoms with van der Waals surface area (Å²) in [6.45, 7) is -0.581. The van der Waals surface area contributed by atoms with Crippen LogP contribution in [0.25, 0.3) is 11.3 Å². The van der Waals surface area contributed by atoms with Crippen LogP contribution in [-0.4, -0.2) is 38.3 Å². The van der Waals surface area contributed by atoms with E-state index in [0.29, 0.717) is 17.1 Å². The van der Waals surface area contributed by atoms with Crippen molar-refractivity contribution < 1.29 is 22.6 Å². The largest absolute Gasteiger partial charge is 0.455 e. The van der Waals surface area contributed by atoms with Crippen LogP contribution in [0.5, 0.6) is 0 Å². The number of rotatable bonds is 8. The molecule has 0 saturated carbocycles. The molecule has 0 aliphatic heterocycles. The Bertz CT molecular complexity index is 1320. The smallest absolute Gasteiger partial charge is 0.269 e. The maximum atomic E-state index is 12.3. The van der Waals surface area contributed by atoms with Crippen LogP contribution in [0, 0.1) is 10.1 Å². The summed E-state index contributed by atoms with van der Waals surface area (Å²) in [7, 11) is -3.85. The molecule has 0 aliphatic rings. The molecule has 1 amide bonds. The van der Waals surface area contributed by atoms with Crippen molar-refractivity contribution in [1.82, 2.24) is 5.43 Å². The molecule has 1 heterocycles. The van der Waals surface area contributed by atoms with Gasteiger partial charge >= 0.3 is 0 Å². The predicted molar refractivity (Wildman–Crippen MR) is 125 cm³/mol. The third kappa shape index (κ3) is 6.09. The minimum Gasteiger partial charge on any atom is -0.455 e. The summed E-state index contributed by atoms with van der Waals surface area (Å²) in [5.41, 5.74) is 2.85. The molecule has 0 saturated heterocycles. The Morgan fingerprint density at radius 3 is 2.52 bits per heavy atom. The normalized spacial score (nSPS) is 11.5. The lowest BCUT2D eigenvalue weighted by Gasteiger charge is -2.22. The summed E-state index contributed by atoms with van der Waals surface area (Å²) in [5.74, 6) is 0.00731. The number of nitro benzene ring substituents is 1. The molecule has 3 aromatic rings. The number of carbonyl (C=O) groups is 1. The summed E-state index contributed by atoms with van der Waals surface area (Å²) >= 11 is 12.0. The first-order valence-electron chi connectivity index (χ1n) is 9.14. The van der Waals surface area contributed by atoms with Crippen molar-refractivity contribution in [1.29, 1.82) is 0 Å². The first kappa shape index (κ1) is 24.2. The van der Waals surface area contributed by atoms with E-state index in [4.69, 9.17) is 27.6 Å². The molecule has 10 nitrogen and oxygen atoms in total. The Kier molecular flexibility index (Phi) is 7.36. The number of nitrogens with one attached hydrogen (secondary N) is 1. The molecule has 33 heavy (non-hydrogen) atoms. The monoisotopic (exact) mass is 510 g/mol. The molecule has 2 aromatic carbocycles. The molecule has 0 radical (unpaired) electrons. The van der Waals surface area contributed by atoms with Crippen molar-refractivity contribution in [3.05, 3.63) is 80.5 Å². The van der Waals surface area contributed by atoms with Crippen LogP contribution in [-0.2, 0) is 14.8 Å². The van der Waals surface area contributed by atoms with Crippen molar-refractivity contribution in [3.63, 3.8) is 0 Å². The number of carbonyl (C=O) groups excluding carboxylic acids is 1. The van der Waals surface area contributed by atoms with E-state index in [-0.39, 0.29) is 21.4 Å². The molecule has 3 rings (SSSR count). The van der Waals surface area contributed by atoms with Crippen molar-refractivity contribution >= 4 is 56.7 Å². The van der Waals surface area contributed by atoms with Gasteiger partial charge < -0.3 is 4.42 Å². The zero-order chi connectivity index (χ0) is 24.2. The second-order valence-electron chi connectivity index (χ2n) is 6.64. The van der Waals surface area contributed by atoms with Crippen LogP contribution >= 0.6 is 23.2 Å². The molecule has 0 fully saturated rings. The van der Waals surface area contributed by atoms with E-state index >= 15 is 0 Å². The second-order valence-corrected chi connectivity index (χ2v) is 9.33. The zero-order valence-electron chi connectivity index (χ0n) is 16.9. The maximum absolute atomic E-state index is 12.3. The van der Waals surface area contributed by atoms with Gasteiger partial charge in [0.25, 0.3) is 11.6 Å². The highest BCUT2D eigenvalue weighted by Crippen LogP contribution is 2.33. The zero-order valence-corrected chi connectivity index (χ0v) is 19.3. The fraction of sp³-hybridized carbons (Fsp3) is 0.100. The Hall–Kier alpha value is -3.41. The number of benzene rings is 2. The Labute approximate surface area is 198 Å². The van der Waals surface area contributed by atoms with Gasteiger partial charge in [-0.05, 0) is 36.4 Å². The van der Waals surface area contributed by atoms with E-state index < -0.39 is 27.4 Å². The van der Waals surface area contributed by atoms with Gasteiger partial charge in [0.15, 0.2) is 0 Å². The number of nitro groups is 1. The van der Waals surface area contributed by atoms with Gasteiger partial charge in [0.2, 0.25) is 10.0 Å². The number of hydrazone groups is 1. The van der Waals surface area contributed by atoms with Crippen molar-refractivity contribution in [2.75, 3.05) is 17.1 Å². The Balaban J connectivity index is 1.67. The summed E-state index contributed by atoms with van der Waals surface area (Å²) in [5, 5.41) is 14.6. The van der Waals surface area contributed by atoms with E-state index in [1.165, 1.54) is 36.5 Å². The minimum absolute atomic E-state index is 0.00440. The first-order chi connectivity index (χ1) is 15.6. The number of halogens is 2. The highest BCUT2D eigenvalue weighted by molar-refractivity contribution is 7.92. The first-order valence-corrected chi connectivity index (χ1v) is 11.7. The van der Waals surface area contributed by atoms with Crippen LogP contribution in [0.1, 0.15) is 5.76 Å². The molecule has 1 aromatic heterocycles. The number of furan rings is 1. The van der Waals surface area contributed by atoms with Crippen molar-refractivity contribution in [2.24, 2.45) is 5.10 Å². The molecule has 0 bridgehead atoms. The van der Waals surface area contributed by atoms with Gasteiger partial charge in [-0.3, -0.25) is 19.2 Å². The van der Waals surface area contributed by atoms with E-state index in [0.717, 1.165) is 10.6 Å². The fourth-order valence-corrected chi connectivity index (χ4v) is 4.03. The molecule has 172 valence electrons. The summed E-state index contributed by atoms with van der Waals surface area (Å²) in [4.78, 5) is 22.5. The maximum Gasteiger partial charge on any atom is 0.269 e. The van der Waals surface area contributed by atoms with Gasteiger partial charge in [-0.2, -0.15) is 5.10 Å². The quantitative estimate of drug-likeness (QED) is 0.275. The minimum atomic E-state index is -3.85. The highest BCUT2D eigenvalue weighted by atomic mass is 35.5. The molecule has 0 unspecified atom stereocenters. The van der Waals surface area contributed by atoms with Gasteiger partial charge in [0.1, 0.15) is 18.1 Å². The van der Waals surface area contributed by atoms with E-state index in [9.17, 15) is 23.3 Å². The fourth-order valence-electron chi connectivity index (χ4n) is 2.72. The average Bonchev–Trinajstić information content (AvgIpc) is 3.22. The number of anilines is 1. The standard InChI is InChI=1S/C20H16Cl2N4O6S/c1-33(30,31)25(17-4-2-3-16(21)20(17)22)12-19(27)24-23-11-15-9-10-18(32-15)13-5-7-14(8-6-13)26(28)29/h2-11H,12H2,1H3,(H,24,27)/b23-11-. The van der Waals surface area contributed by atoms with Crippen LogP contribution in [0.15, 0.2) is 64.1 Å². The molecule has 0 atom stereocenters. The molecule has 0 spiro atoms. The molecular weight excluding hydrogens is 495 g/mol. The van der Waals surface area contributed by atoms with Gasteiger partial charge in [0.05, 0.1) is 33.1 Å². The number of hydrogen-bond donors (Lipinski definition) is 1. The Morgan fingerprint density at radius 1 is 1.18 bits per heavy atom. The van der Waals surface area contributed by atoms with Crippen LogP contribution in [0.4, 0.5) is 11.4 Å². The van der Waals surface area contributed by atoms with Crippen LogP contribution in [0.2, 0.25) is 10.0 Å². The van der Waals surface area contributed by atoms with Crippen molar-refractivity contribution in [3.8, 4) is 11.3 Å². The average molecular weight is 511 g/mol. The number of sulfonamides is 1. The molecular formula is C20H16Cl2N4O6S. The lowest BCUT2D eigenvalue weighted by molar-refractivity contribution is -0.384. The lowest BCUT2D eigenvalue weighted by Crippen LogP contribution is -2.39. The summed E-state index contributed by atoms with van der Waals surface area (Å²) < 4.78 is 30.7. The van der Waals surface area contributed by atoms with E-state index in [1.54, 1.807) is 24.3 Å². The van der Waals surface area contributed by atoms with Gasteiger partial charge in [-0.15, -0.1) is 0 Å². The number of hydrogen-bond acceptors (Lipinski definition) is 7. The Morgan fingerprint density at radius 2 is 1.88 bits per heavy atom. The van der Waals surface area contributed by atoms with Crippen LogP contribution < -0.4 is 9.73 Å². The predicted octanol–water partition coefficient (Wildman–Crippen LogP) is 4.08. The van der Waals surface area contributed by atoms with Gasteiger partial charge in [-0.1, -0.05) is 29.3 Å². The molecule has 0 aliphatic carbocycles. The van der Waals surface area contributed by atoms with Crippen molar-refractivity contribution in [2.45, 2.75) is 0 Å².